The van der Waals surface area contributed by atoms with Crippen LogP contribution in [0.3, 0.4) is 0 Å². The third-order valence-electron chi connectivity index (χ3n) is 19.6. The second kappa shape index (κ2) is 21.8. The molecular weight excluding hydrogens is 1170 g/mol. The summed E-state index contributed by atoms with van der Waals surface area (Å²) in [6.07, 6.45) is 0. The average Bonchev–Trinajstić information content (AvgIpc) is 1.22. The molecule has 0 aliphatic heterocycles. The lowest BCUT2D eigenvalue weighted by Crippen LogP contribution is -2.12. The van der Waals surface area contributed by atoms with Crippen molar-refractivity contribution in [2.24, 2.45) is 0 Å². The number of nitriles is 1. The summed E-state index contributed by atoms with van der Waals surface area (Å²) in [5.74, 6) is 1.42. The highest BCUT2D eigenvalue weighted by molar-refractivity contribution is 6.16. The van der Waals surface area contributed by atoms with Crippen LogP contribution in [0.1, 0.15) is 38.9 Å². The van der Waals surface area contributed by atoms with E-state index in [9.17, 15) is 5.26 Å². The van der Waals surface area contributed by atoms with Gasteiger partial charge < -0.3 is 18.3 Å². The van der Waals surface area contributed by atoms with Crippen molar-refractivity contribution in [2.75, 3.05) is 0 Å². The van der Waals surface area contributed by atoms with E-state index >= 15 is 0 Å². The van der Waals surface area contributed by atoms with E-state index in [0.29, 0.717) is 34.3 Å². The number of aromatic nitrogens is 7. The fraction of sp³-hybridized carbons (Fsp3) is 0.0682. The average molecular weight is 1230 g/mol. The van der Waals surface area contributed by atoms with Gasteiger partial charge in [-0.25, -0.2) is 15.0 Å². The Kier molecular flexibility index (Phi) is 12.8. The maximum atomic E-state index is 13.0. The zero-order chi connectivity index (χ0) is 64.6. The third-order valence-corrected chi connectivity index (χ3v) is 19.6. The van der Waals surface area contributed by atoms with Crippen molar-refractivity contribution in [3.63, 3.8) is 0 Å². The van der Waals surface area contributed by atoms with Crippen LogP contribution in [-0.4, -0.2) is 33.2 Å². The molecule has 454 valence electrons. The number of aryl methyl sites for hydroxylation is 6. The smallest absolute Gasteiger partial charge is 0.166 e. The molecule has 0 amide bonds. The van der Waals surface area contributed by atoms with Gasteiger partial charge in [0.2, 0.25) is 0 Å². The molecule has 0 aliphatic carbocycles. The second-order valence-electron chi connectivity index (χ2n) is 25.9. The van der Waals surface area contributed by atoms with Gasteiger partial charge in [0.1, 0.15) is 6.07 Å². The molecule has 18 rings (SSSR count). The van der Waals surface area contributed by atoms with Gasteiger partial charge in [-0.3, -0.25) is 0 Å². The van der Waals surface area contributed by atoms with Gasteiger partial charge in [0, 0.05) is 76.7 Å². The summed E-state index contributed by atoms with van der Waals surface area (Å²) >= 11 is 0. The molecule has 13 aromatic carbocycles. The van der Waals surface area contributed by atoms with Crippen molar-refractivity contribution >= 4 is 87.2 Å². The predicted octanol–water partition coefficient (Wildman–Crippen LogP) is 22.3. The molecule has 5 heterocycles. The molecular formula is C88H62N8. The molecule has 0 radical (unpaired) electrons. The van der Waals surface area contributed by atoms with Crippen molar-refractivity contribution < 1.29 is 0 Å². The van der Waals surface area contributed by atoms with Gasteiger partial charge in [0.05, 0.1) is 66.6 Å². The van der Waals surface area contributed by atoms with Gasteiger partial charge in [-0.05, 0) is 162 Å². The van der Waals surface area contributed by atoms with E-state index in [-0.39, 0.29) is 0 Å². The summed E-state index contributed by atoms with van der Waals surface area (Å²) in [5, 5.41) is 22.2. The van der Waals surface area contributed by atoms with E-state index in [1.807, 2.05) is 36.4 Å². The van der Waals surface area contributed by atoms with Crippen molar-refractivity contribution in [1.29, 1.82) is 5.26 Å². The van der Waals surface area contributed by atoms with Crippen LogP contribution in [0.25, 0.3) is 166 Å². The molecule has 0 spiro atoms. The predicted molar refractivity (Wildman–Crippen MR) is 398 cm³/mol. The molecule has 0 saturated carbocycles. The van der Waals surface area contributed by atoms with Gasteiger partial charge in [-0.2, -0.15) is 5.26 Å². The molecule has 0 aliphatic rings. The summed E-state index contributed by atoms with van der Waals surface area (Å²) in [6.45, 7) is 13.0. The number of rotatable bonds is 9. The quantitative estimate of drug-likeness (QED) is 0.144. The third kappa shape index (κ3) is 8.78. The summed E-state index contributed by atoms with van der Waals surface area (Å²) in [5.41, 5.74) is 25.1. The molecule has 0 saturated heterocycles. The van der Waals surface area contributed by atoms with Crippen LogP contribution >= 0.6 is 0 Å². The fourth-order valence-corrected chi connectivity index (χ4v) is 15.2. The van der Waals surface area contributed by atoms with Gasteiger partial charge in [0.25, 0.3) is 0 Å². The van der Waals surface area contributed by atoms with Gasteiger partial charge in [-0.1, -0.05) is 191 Å². The van der Waals surface area contributed by atoms with Crippen molar-refractivity contribution in [3.05, 3.63) is 306 Å². The number of benzene rings is 13. The van der Waals surface area contributed by atoms with Crippen LogP contribution in [0.5, 0.6) is 0 Å². The van der Waals surface area contributed by atoms with Gasteiger partial charge >= 0.3 is 0 Å². The Morgan fingerprint density at radius 3 is 0.927 bits per heavy atom. The number of hydrogen-bond donors (Lipinski definition) is 0. The Labute approximate surface area is 555 Å². The zero-order valence-electron chi connectivity index (χ0n) is 54.0. The minimum atomic E-state index is 0.413. The molecule has 18 aromatic rings. The van der Waals surface area contributed by atoms with Crippen molar-refractivity contribution in [1.82, 2.24) is 33.2 Å². The van der Waals surface area contributed by atoms with E-state index in [1.54, 1.807) is 0 Å². The molecule has 96 heavy (non-hydrogen) atoms. The molecule has 0 fully saturated rings. The highest BCUT2D eigenvalue weighted by atomic mass is 15.1. The lowest BCUT2D eigenvalue weighted by molar-refractivity contribution is 1.06. The summed E-state index contributed by atoms with van der Waals surface area (Å²) in [4.78, 5) is 16.8. The molecule has 8 nitrogen and oxygen atoms in total. The fourth-order valence-electron chi connectivity index (χ4n) is 15.2. The normalized spacial score (nSPS) is 11.8. The number of para-hydroxylation sites is 2. The Balaban J connectivity index is 1.05. The van der Waals surface area contributed by atoms with Crippen molar-refractivity contribution in [3.8, 4) is 85.2 Å². The van der Waals surface area contributed by atoms with Gasteiger partial charge in [0.15, 0.2) is 17.5 Å². The Bertz CT molecular complexity index is 6140. The van der Waals surface area contributed by atoms with Crippen LogP contribution < -0.4 is 0 Å². The summed E-state index contributed by atoms with van der Waals surface area (Å²) in [6, 6.07) is 99.2. The molecule has 8 heteroatoms. The maximum absolute atomic E-state index is 13.0. The lowest BCUT2D eigenvalue weighted by Gasteiger charge is -2.27. The summed E-state index contributed by atoms with van der Waals surface area (Å²) < 4.78 is 9.52. The topological polar surface area (TPSA) is 82.2 Å². The van der Waals surface area contributed by atoms with Gasteiger partial charge in [-0.15, -0.1) is 0 Å². The second-order valence-corrected chi connectivity index (χ2v) is 25.9. The first-order valence-electron chi connectivity index (χ1n) is 32.8. The van der Waals surface area contributed by atoms with Crippen LogP contribution in [-0.2, 0) is 0 Å². The van der Waals surface area contributed by atoms with Crippen LogP contribution in [0, 0.1) is 52.9 Å². The molecule has 5 aromatic heterocycles. The van der Waals surface area contributed by atoms with Crippen molar-refractivity contribution in [2.45, 2.75) is 41.5 Å². The van der Waals surface area contributed by atoms with E-state index in [1.165, 1.54) is 43.8 Å². The lowest BCUT2D eigenvalue weighted by atomic mass is 9.85. The molecule has 0 unspecified atom stereocenters. The summed E-state index contributed by atoms with van der Waals surface area (Å²) in [7, 11) is 0. The van der Waals surface area contributed by atoms with E-state index in [2.05, 4.69) is 296 Å². The number of nitrogens with zero attached hydrogens (tertiary/aromatic N) is 8. The molecule has 0 N–H and O–H groups in total. The first kappa shape index (κ1) is 56.3. The van der Waals surface area contributed by atoms with Crippen LogP contribution in [0.15, 0.2) is 267 Å². The molecule has 0 atom stereocenters. The Hall–Kier alpha value is -12.4. The highest BCUT2D eigenvalue weighted by Crippen LogP contribution is 2.53. The maximum Gasteiger partial charge on any atom is 0.166 e. The number of fused-ring (bicyclic) bond motifs is 12. The first-order valence-corrected chi connectivity index (χ1v) is 32.8. The first-order chi connectivity index (χ1) is 47.0. The minimum Gasteiger partial charge on any atom is -0.309 e. The largest absolute Gasteiger partial charge is 0.309 e. The van der Waals surface area contributed by atoms with E-state index in [0.717, 1.165) is 127 Å². The van der Waals surface area contributed by atoms with E-state index < -0.39 is 0 Å². The Morgan fingerprint density at radius 1 is 0.250 bits per heavy atom. The number of hydrogen-bond acceptors (Lipinski definition) is 4. The SMILES string of the molecule is Cc1ccc2c(c1)c1cc(C)ccc1n2-c1ccc(-c2c(C#N)c(-n3c4ccccc4c4cc(C)ccc43)c(-c3nc(-c4ccccc4)nc(-c4ccccc4)n3)c(-c3ccc(-n4c5ccc(C)cc5c5cc(C)ccc54)cc3)c2-n2c3ccccc3c3cc(C)ccc32)cc1. The zero-order valence-corrected chi connectivity index (χ0v) is 54.0. The van der Waals surface area contributed by atoms with Crippen LogP contribution in [0.4, 0.5) is 0 Å². The Morgan fingerprint density at radius 2 is 0.552 bits per heavy atom. The monoisotopic (exact) mass is 1230 g/mol. The molecule has 0 bridgehead atoms. The van der Waals surface area contributed by atoms with Crippen LogP contribution in [0.2, 0.25) is 0 Å². The van der Waals surface area contributed by atoms with E-state index in [4.69, 9.17) is 15.0 Å². The minimum absolute atomic E-state index is 0.413. The highest BCUT2D eigenvalue weighted by Gasteiger charge is 2.34. The standard InChI is InChI=1S/C88H62N8/c1-52-29-43-79-66(45-52)64-21-13-15-23-73(64)95(79)84-72(51-89)81(58-31-35-62(36-32-58)93-75-39-25-54(3)47-68(75)69-48-55(4)26-40-76(69)93)85(96-74-24-16-14-22-65(74)67-46-53(2)30-44-80(67)96)82(83(84)88-91-86(60-17-9-7-10-18-60)90-87(92-88)61-19-11-8-12-20-61)59-33-37-63(38-34-59)94-77-41-27-56(5)49-70(77)71-50-57(6)28-42-78(71)94/h7-50H,1-6H3.